The molecule has 1 fully saturated rings. The first kappa shape index (κ1) is 25.4. The van der Waals surface area contributed by atoms with E-state index in [0.717, 1.165) is 4.47 Å². The Morgan fingerprint density at radius 2 is 1.94 bits per heavy atom. The van der Waals surface area contributed by atoms with Crippen LogP contribution in [0.5, 0.6) is 0 Å². The minimum absolute atomic E-state index is 0.217. The van der Waals surface area contributed by atoms with Crippen molar-refractivity contribution in [2.45, 2.75) is 52.6 Å². The van der Waals surface area contributed by atoms with E-state index in [1.165, 1.54) is 0 Å². The molecule has 11 heteroatoms. The maximum absolute atomic E-state index is 12.4. The zero-order chi connectivity index (χ0) is 24.2. The van der Waals surface area contributed by atoms with Gasteiger partial charge in [-0.05, 0) is 56.6 Å². The molecule has 1 amide bonds. The number of carbonyl (C=O) groups is 1. The van der Waals surface area contributed by atoms with Crippen LogP contribution in [0.1, 0.15) is 34.6 Å². The van der Waals surface area contributed by atoms with E-state index in [2.05, 4.69) is 26.2 Å². The van der Waals surface area contributed by atoms with Gasteiger partial charge in [0, 0.05) is 36.5 Å². The number of pyridine rings is 1. The number of carbonyl (C=O) groups excluding carboxylic acids is 1. The fourth-order valence-corrected chi connectivity index (χ4v) is 3.47. The summed E-state index contributed by atoms with van der Waals surface area (Å²) in [6.07, 6.45) is 0.740. The summed E-state index contributed by atoms with van der Waals surface area (Å²) < 4.78 is 17.7. The van der Waals surface area contributed by atoms with Crippen molar-refractivity contribution < 1.29 is 19.0 Å². The monoisotopic (exact) mass is 524 g/mol. The second-order valence-electron chi connectivity index (χ2n) is 8.75. The molecule has 0 aliphatic carbocycles. The summed E-state index contributed by atoms with van der Waals surface area (Å²) in [4.78, 5) is 29.9. The van der Waals surface area contributed by atoms with Gasteiger partial charge < -0.3 is 29.3 Å². The Balaban J connectivity index is 1.75. The highest BCUT2D eigenvalue weighted by Gasteiger charge is 2.35. The number of nitrogens with zero attached hydrogens (tertiary/aromatic N) is 5. The van der Waals surface area contributed by atoms with Gasteiger partial charge in [0.1, 0.15) is 11.6 Å². The molecule has 0 atom stereocenters. The Hall–Kier alpha value is -2.24. The molecule has 0 unspecified atom stereocenters. The molecule has 0 aromatic carbocycles. The molecule has 10 nitrogen and oxygen atoms in total. The average Bonchev–Trinajstić information content (AvgIpc) is 2.72. The molecule has 3 heterocycles. The predicted molar refractivity (Wildman–Crippen MR) is 131 cm³/mol. The number of aromatic nitrogens is 3. The number of amides is 1. The molecule has 0 bridgehead atoms. The summed E-state index contributed by atoms with van der Waals surface area (Å²) in [5.41, 5.74) is 0.895. The molecule has 0 saturated carbocycles. The number of nitrogens with one attached hydrogen (secondary N) is 1. The van der Waals surface area contributed by atoms with Crippen molar-refractivity contribution in [3.05, 3.63) is 16.7 Å². The van der Waals surface area contributed by atoms with Crippen molar-refractivity contribution in [3.63, 3.8) is 0 Å². The van der Waals surface area contributed by atoms with Gasteiger partial charge >= 0.3 is 6.09 Å². The summed E-state index contributed by atoms with van der Waals surface area (Å²) in [5.74, 6) is 1.25. The largest absolute Gasteiger partial charge is 0.442 e. The van der Waals surface area contributed by atoms with Gasteiger partial charge in [-0.3, -0.25) is 0 Å². The Morgan fingerprint density at radius 1 is 1.27 bits per heavy atom. The van der Waals surface area contributed by atoms with Crippen LogP contribution < -0.4 is 10.2 Å². The predicted octanol–water partition coefficient (Wildman–Crippen LogP) is 3.65. The molecule has 3 rings (SSSR count). The third kappa shape index (κ3) is 6.42. The number of rotatable bonds is 9. The van der Waals surface area contributed by atoms with Gasteiger partial charge in [0.2, 0.25) is 0 Å². The molecule has 1 aliphatic heterocycles. The standard InChI is InChI=1S/C22H33BrN6O4/c1-7-31-17(32-8-2)11-25-19-20(27-18-16(26-19)9-14(23)10-24-18)29-12-15(13-29)33-21(30)28(6)22(3,4)5/h9-10,15,17H,7-8,11-13H2,1-6H3,(H,25,26). The lowest BCUT2D eigenvalue weighted by Gasteiger charge is -2.41. The second kappa shape index (κ2) is 10.8. The summed E-state index contributed by atoms with van der Waals surface area (Å²) in [7, 11) is 1.74. The zero-order valence-electron chi connectivity index (χ0n) is 20.1. The molecule has 2 aromatic heterocycles. The van der Waals surface area contributed by atoms with E-state index in [0.29, 0.717) is 55.6 Å². The van der Waals surface area contributed by atoms with Crippen LogP contribution in [0.3, 0.4) is 0 Å². The van der Waals surface area contributed by atoms with Crippen molar-refractivity contribution in [3.8, 4) is 0 Å². The number of halogens is 1. The van der Waals surface area contributed by atoms with Crippen LogP contribution in [0, 0.1) is 0 Å². The van der Waals surface area contributed by atoms with Crippen LogP contribution in [-0.2, 0) is 14.2 Å². The Bertz CT molecular complexity index is 958. The van der Waals surface area contributed by atoms with Crippen LogP contribution in [0.4, 0.5) is 16.4 Å². The first-order valence-electron chi connectivity index (χ1n) is 11.1. The van der Waals surface area contributed by atoms with E-state index in [1.54, 1.807) is 18.1 Å². The Labute approximate surface area is 203 Å². The molecule has 0 spiro atoms. The highest BCUT2D eigenvalue weighted by molar-refractivity contribution is 9.10. The summed E-state index contributed by atoms with van der Waals surface area (Å²) in [6.45, 7) is 12.3. The number of hydrogen-bond acceptors (Lipinski definition) is 9. The molecule has 1 N–H and O–H groups in total. The molecule has 1 saturated heterocycles. The second-order valence-corrected chi connectivity index (χ2v) is 9.67. The topological polar surface area (TPSA) is 102 Å². The van der Waals surface area contributed by atoms with Gasteiger partial charge in [-0.15, -0.1) is 0 Å². The van der Waals surface area contributed by atoms with Crippen molar-refractivity contribution in [1.29, 1.82) is 0 Å². The first-order chi connectivity index (χ1) is 15.6. The highest BCUT2D eigenvalue weighted by atomic mass is 79.9. The van der Waals surface area contributed by atoms with Gasteiger partial charge in [0.05, 0.1) is 19.6 Å². The van der Waals surface area contributed by atoms with E-state index in [4.69, 9.17) is 24.2 Å². The lowest BCUT2D eigenvalue weighted by molar-refractivity contribution is -0.126. The summed E-state index contributed by atoms with van der Waals surface area (Å²) in [6, 6.07) is 1.87. The van der Waals surface area contributed by atoms with Crippen LogP contribution in [0.25, 0.3) is 11.2 Å². The van der Waals surface area contributed by atoms with Crippen LogP contribution in [0.15, 0.2) is 16.7 Å². The van der Waals surface area contributed by atoms with E-state index in [9.17, 15) is 4.79 Å². The van der Waals surface area contributed by atoms with Crippen molar-refractivity contribution >= 4 is 44.8 Å². The van der Waals surface area contributed by atoms with Crippen LogP contribution >= 0.6 is 15.9 Å². The maximum Gasteiger partial charge on any atom is 0.410 e. The summed E-state index contributed by atoms with van der Waals surface area (Å²) >= 11 is 3.44. The number of ether oxygens (including phenoxy) is 3. The number of hydrogen-bond donors (Lipinski definition) is 1. The molecule has 182 valence electrons. The van der Waals surface area contributed by atoms with E-state index in [1.807, 2.05) is 45.6 Å². The quantitative estimate of drug-likeness (QED) is 0.492. The lowest BCUT2D eigenvalue weighted by Crippen LogP contribution is -2.55. The Morgan fingerprint density at radius 3 is 2.55 bits per heavy atom. The van der Waals surface area contributed by atoms with E-state index >= 15 is 0 Å². The van der Waals surface area contributed by atoms with Gasteiger partial charge in [-0.2, -0.15) is 0 Å². The van der Waals surface area contributed by atoms with Gasteiger partial charge in [-0.25, -0.2) is 19.7 Å². The van der Waals surface area contributed by atoms with Gasteiger partial charge in [0.15, 0.2) is 23.6 Å². The first-order valence-corrected chi connectivity index (χ1v) is 11.9. The molecular formula is C22H33BrN6O4. The van der Waals surface area contributed by atoms with Gasteiger partial charge in [0.25, 0.3) is 0 Å². The number of anilines is 2. The lowest BCUT2D eigenvalue weighted by atomic mass is 10.1. The third-order valence-corrected chi connectivity index (χ3v) is 5.74. The van der Waals surface area contributed by atoms with E-state index in [-0.39, 0.29) is 17.7 Å². The average molecular weight is 525 g/mol. The normalized spacial score (nSPS) is 14.5. The molecule has 2 aromatic rings. The molecule has 0 radical (unpaired) electrons. The SMILES string of the molecule is CCOC(CNc1nc2cc(Br)cnc2nc1N1CC(OC(=O)N(C)C(C)(C)C)C1)OCC. The smallest absolute Gasteiger partial charge is 0.410 e. The van der Waals surface area contributed by atoms with Crippen molar-refractivity contribution in [1.82, 2.24) is 19.9 Å². The van der Waals surface area contributed by atoms with Crippen LogP contribution in [0.2, 0.25) is 0 Å². The molecule has 1 aliphatic rings. The third-order valence-electron chi connectivity index (χ3n) is 5.31. The fourth-order valence-electron chi connectivity index (χ4n) is 3.15. The maximum atomic E-state index is 12.4. The van der Waals surface area contributed by atoms with Crippen molar-refractivity contribution in [2.75, 3.05) is 50.1 Å². The molecular weight excluding hydrogens is 492 g/mol. The Kier molecular flexibility index (Phi) is 8.30. The fraction of sp³-hybridized carbons (Fsp3) is 0.636. The van der Waals surface area contributed by atoms with E-state index < -0.39 is 6.29 Å². The van der Waals surface area contributed by atoms with Crippen molar-refractivity contribution in [2.24, 2.45) is 0 Å². The minimum atomic E-state index is -0.399. The van der Waals surface area contributed by atoms with Gasteiger partial charge in [-0.1, -0.05) is 0 Å². The highest BCUT2D eigenvalue weighted by Crippen LogP contribution is 2.30. The zero-order valence-corrected chi connectivity index (χ0v) is 21.7. The molecule has 33 heavy (non-hydrogen) atoms. The summed E-state index contributed by atoms with van der Waals surface area (Å²) in [5, 5.41) is 3.31. The minimum Gasteiger partial charge on any atom is -0.442 e. The van der Waals surface area contributed by atoms with Crippen LogP contribution in [-0.4, -0.2) is 83.8 Å². The number of fused-ring (bicyclic) bond motifs is 1.